The summed E-state index contributed by atoms with van der Waals surface area (Å²) in [4.78, 5) is 21.7. The maximum Gasteiger partial charge on any atom is 0.305 e. The number of hydrogen-bond donors (Lipinski definition) is 0. The van der Waals surface area contributed by atoms with E-state index in [9.17, 15) is 18.0 Å². The van der Waals surface area contributed by atoms with Crippen LogP contribution in [0, 0.1) is 0 Å². The third kappa shape index (κ3) is 9.36. The van der Waals surface area contributed by atoms with Gasteiger partial charge in [-0.25, -0.2) is 0 Å². The van der Waals surface area contributed by atoms with Crippen LogP contribution in [0.4, 0.5) is 0 Å². The maximum absolute atomic E-state index is 11.0. The average Bonchev–Trinajstić information content (AvgIpc) is 2.13. The van der Waals surface area contributed by atoms with Gasteiger partial charge in [0.1, 0.15) is 6.61 Å². The lowest BCUT2D eigenvalue weighted by Crippen LogP contribution is -2.13. The van der Waals surface area contributed by atoms with Crippen molar-refractivity contribution in [1.82, 2.24) is 0 Å². The van der Waals surface area contributed by atoms with Gasteiger partial charge in [0.15, 0.2) is 5.78 Å². The molecule has 0 saturated carbocycles. The molecule has 7 heteroatoms. The Labute approximate surface area is 88.7 Å². The molecule has 0 bridgehead atoms. The summed E-state index contributed by atoms with van der Waals surface area (Å²) in [6.07, 6.45) is 1.44. The van der Waals surface area contributed by atoms with E-state index in [1.807, 2.05) is 0 Å². The van der Waals surface area contributed by atoms with Crippen molar-refractivity contribution < 1.29 is 26.9 Å². The Bertz CT molecular complexity index is 318. The molecule has 0 N–H and O–H groups in total. The summed E-state index contributed by atoms with van der Waals surface area (Å²) < 4.78 is 29.7. The number of hydrogen-bond acceptors (Lipinski definition) is 6. The minimum Gasteiger partial charge on any atom is -0.469 e. The smallest absolute Gasteiger partial charge is 0.305 e. The van der Waals surface area contributed by atoms with Gasteiger partial charge in [-0.2, -0.15) is 8.42 Å². The Morgan fingerprint density at radius 1 is 1.20 bits per heavy atom. The molecule has 0 aliphatic heterocycles. The molecule has 0 atom stereocenters. The highest BCUT2D eigenvalue weighted by Crippen LogP contribution is 1.99. The number of carbonyl (C=O) groups excluding carboxylic acids is 2. The lowest BCUT2D eigenvalue weighted by molar-refractivity contribution is -0.140. The van der Waals surface area contributed by atoms with E-state index in [2.05, 4.69) is 8.92 Å². The molecule has 0 amide bonds. The lowest BCUT2D eigenvalue weighted by Gasteiger charge is -2.00. The Kier molecular flexibility index (Phi) is 6.11. The molecule has 0 radical (unpaired) electrons. The fraction of sp³-hybridized carbons (Fsp3) is 0.750. The third-order valence-corrected chi connectivity index (χ3v) is 2.04. The second-order valence-electron chi connectivity index (χ2n) is 2.93. The summed E-state index contributed by atoms with van der Waals surface area (Å²) in [6, 6.07) is 0. The first-order chi connectivity index (χ1) is 6.85. The molecule has 15 heavy (non-hydrogen) atoms. The van der Waals surface area contributed by atoms with Gasteiger partial charge in [0.25, 0.3) is 10.1 Å². The number of ether oxygens (including phenoxy) is 1. The minimum atomic E-state index is -3.58. The van der Waals surface area contributed by atoms with Crippen LogP contribution in [0.25, 0.3) is 0 Å². The van der Waals surface area contributed by atoms with E-state index in [0.717, 1.165) is 6.26 Å². The number of ketones is 1. The monoisotopic (exact) mass is 238 g/mol. The highest BCUT2D eigenvalue weighted by Gasteiger charge is 2.09. The van der Waals surface area contributed by atoms with Crippen molar-refractivity contribution in [3.63, 3.8) is 0 Å². The predicted octanol–water partition coefficient (Wildman–Crippen LogP) is -0.125. The summed E-state index contributed by atoms with van der Waals surface area (Å²) in [5.41, 5.74) is 0. The van der Waals surface area contributed by atoms with Crippen molar-refractivity contribution in [2.24, 2.45) is 0 Å². The van der Waals surface area contributed by atoms with E-state index in [1.165, 1.54) is 7.11 Å². The largest absolute Gasteiger partial charge is 0.469 e. The minimum absolute atomic E-state index is 0.102. The number of Topliss-reactive ketones (excluding diaryl/α,β-unsaturated/α-hetero) is 1. The van der Waals surface area contributed by atoms with Gasteiger partial charge >= 0.3 is 5.97 Å². The van der Waals surface area contributed by atoms with Gasteiger partial charge in [0, 0.05) is 12.8 Å². The molecule has 0 heterocycles. The van der Waals surface area contributed by atoms with Crippen LogP contribution in [-0.4, -0.2) is 40.1 Å². The Balaban J connectivity index is 3.63. The van der Waals surface area contributed by atoms with Crippen LogP contribution in [0.15, 0.2) is 0 Å². The number of esters is 1. The van der Waals surface area contributed by atoms with E-state index < -0.39 is 22.7 Å². The van der Waals surface area contributed by atoms with Gasteiger partial charge in [0.05, 0.1) is 13.4 Å². The van der Waals surface area contributed by atoms with Crippen molar-refractivity contribution in [1.29, 1.82) is 0 Å². The van der Waals surface area contributed by atoms with E-state index in [0.29, 0.717) is 6.42 Å². The summed E-state index contributed by atoms with van der Waals surface area (Å²) in [7, 11) is -2.32. The first kappa shape index (κ1) is 14.1. The molecule has 6 nitrogen and oxygen atoms in total. The fourth-order valence-electron chi connectivity index (χ4n) is 0.777. The van der Waals surface area contributed by atoms with Gasteiger partial charge in [-0.3, -0.25) is 13.8 Å². The summed E-state index contributed by atoms with van der Waals surface area (Å²) in [5, 5.41) is 0. The first-order valence-corrected chi connectivity index (χ1v) is 6.09. The van der Waals surface area contributed by atoms with Crippen LogP contribution in [0.3, 0.4) is 0 Å². The van der Waals surface area contributed by atoms with Crippen molar-refractivity contribution in [3.8, 4) is 0 Å². The zero-order chi connectivity index (χ0) is 11.9. The van der Waals surface area contributed by atoms with Crippen molar-refractivity contribution >= 4 is 21.9 Å². The standard InChI is InChI=1S/C8H14O6S/c1-13-8(10)5-3-4-7(9)6-14-15(2,11)12/h3-6H2,1-2H3. The maximum atomic E-state index is 11.0. The second-order valence-corrected chi connectivity index (χ2v) is 4.58. The predicted molar refractivity (Wildman–Crippen MR) is 51.7 cm³/mol. The Morgan fingerprint density at radius 3 is 2.27 bits per heavy atom. The molecule has 0 saturated heterocycles. The molecule has 0 spiro atoms. The van der Waals surface area contributed by atoms with Crippen molar-refractivity contribution in [2.45, 2.75) is 19.3 Å². The summed E-state index contributed by atoms with van der Waals surface area (Å²) in [6.45, 7) is -0.472. The highest BCUT2D eigenvalue weighted by atomic mass is 32.2. The van der Waals surface area contributed by atoms with E-state index >= 15 is 0 Å². The van der Waals surface area contributed by atoms with E-state index in [-0.39, 0.29) is 18.6 Å². The Morgan fingerprint density at radius 2 is 1.80 bits per heavy atom. The van der Waals surface area contributed by atoms with E-state index in [1.54, 1.807) is 0 Å². The average molecular weight is 238 g/mol. The van der Waals surface area contributed by atoms with Crippen molar-refractivity contribution in [3.05, 3.63) is 0 Å². The lowest BCUT2D eigenvalue weighted by atomic mass is 10.2. The molecule has 0 fully saturated rings. The van der Waals surface area contributed by atoms with Crippen LogP contribution in [-0.2, 0) is 28.6 Å². The molecule has 0 aromatic rings. The van der Waals surface area contributed by atoms with Crippen LogP contribution >= 0.6 is 0 Å². The second kappa shape index (κ2) is 6.52. The van der Waals surface area contributed by atoms with Crippen molar-refractivity contribution in [2.75, 3.05) is 20.0 Å². The number of carbonyl (C=O) groups is 2. The summed E-state index contributed by atoms with van der Waals surface area (Å²) >= 11 is 0. The number of methoxy groups -OCH3 is 1. The van der Waals surface area contributed by atoms with Crippen LogP contribution < -0.4 is 0 Å². The van der Waals surface area contributed by atoms with Gasteiger partial charge < -0.3 is 4.74 Å². The van der Waals surface area contributed by atoms with Gasteiger partial charge in [-0.05, 0) is 6.42 Å². The van der Waals surface area contributed by atoms with Crippen LogP contribution in [0.2, 0.25) is 0 Å². The molecule has 0 aromatic heterocycles. The highest BCUT2D eigenvalue weighted by molar-refractivity contribution is 7.86. The molecular weight excluding hydrogens is 224 g/mol. The van der Waals surface area contributed by atoms with Gasteiger partial charge in [0.2, 0.25) is 0 Å². The topological polar surface area (TPSA) is 86.7 Å². The van der Waals surface area contributed by atoms with Gasteiger partial charge in [-0.1, -0.05) is 0 Å². The Hall–Kier alpha value is -0.950. The van der Waals surface area contributed by atoms with Crippen LogP contribution in [0.5, 0.6) is 0 Å². The zero-order valence-corrected chi connectivity index (χ0v) is 9.50. The van der Waals surface area contributed by atoms with Gasteiger partial charge in [-0.15, -0.1) is 0 Å². The summed E-state index contributed by atoms with van der Waals surface area (Å²) in [5.74, 6) is -0.754. The van der Waals surface area contributed by atoms with Crippen LogP contribution in [0.1, 0.15) is 19.3 Å². The number of rotatable bonds is 7. The molecule has 88 valence electrons. The molecule has 0 aromatic carbocycles. The first-order valence-electron chi connectivity index (χ1n) is 4.28. The zero-order valence-electron chi connectivity index (χ0n) is 8.69. The SMILES string of the molecule is COC(=O)CCCC(=O)COS(C)(=O)=O. The molecule has 0 aliphatic carbocycles. The molecule has 0 aliphatic rings. The quantitative estimate of drug-likeness (QED) is 0.454. The molecule has 0 rings (SSSR count). The molecule has 0 unspecified atom stereocenters. The third-order valence-electron chi connectivity index (χ3n) is 1.50. The molecular formula is C8H14O6S. The normalized spacial score (nSPS) is 11.1. The van der Waals surface area contributed by atoms with E-state index in [4.69, 9.17) is 0 Å². The fourth-order valence-corrected chi connectivity index (χ4v) is 1.12.